The number of carbonyl (C=O) groups excluding carboxylic acids is 4. The Balaban J connectivity index is 1.35. The standard InChI is InChI=1S/C31H32ClN3O5/c1-40-27-16-15-22(32)19-26(27)29(37)33-18-17-20-11-13-21(14-12-20)28(36)24-9-5-6-10-25(24)30(38)35-31(39)34-23-7-3-2-4-8-23/h5-6,9-16,19,23H,2-4,7-8,17-18H2,1H3,(H,33,37)(H2,34,35,38,39). The van der Waals surface area contributed by atoms with Crippen LogP contribution in [0.1, 0.15) is 74.3 Å². The van der Waals surface area contributed by atoms with Crippen molar-refractivity contribution < 1.29 is 23.9 Å². The molecule has 3 N–H and O–H groups in total. The summed E-state index contributed by atoms with van der Waals surface area (Å²) in [5.41, 5.74) is 2.02. The smallest absolute Gasteiger partial charge is 0.321 e. The first-order valence-electron chi connectivity index (χ1n) is 13.3. The fourth-order valence-corrected chi connectivity index (χ4v) is 4.94. The van der Waals surface area contributed by atoms with Crippen LogP contribution in [0.2, 0.25) is 5.02 Å². The quantitative estimate of drug-likeness (QED) is 0.306. The van der Waals surface area contributed by atoms with Gasteiger partial charge in [0.25, 0.3) is 11.8 Å². The number of ketones is 1. The third-order valence-corrected chi connectivity index (χ3v) is 7.14. The Morgan fingerprint density at radius 2 is 1.55 bits per heavy atom. The van der Waals surface area contributed by atoms with Crippen LogP contribution in [-0.4, -0.2) is 43.3 Å². The highest BCUT2D eigenvalue weighted by molar-refractivity contribution is 6.31. The Hall–Kier alpha value is -4.17. The highest BCUT2D eigenvalue weighted by atomic mass is 35.5. The van der Waals surface area contributed by atoms with Gasteiger partial charge in [0.2, 0.25) is 0 Å². The van der Waals surface area contributed by atoms with Gasteiger partial charge < -0.3 is 15.4 Å². The van der Waals surface area contributed by atoms with Crippen molar-refractivity contribution in [1.29, 1.82) is 0 Å². The topological polar surface area (TPSA) is 114 Å². The number of benzene rings is 3. The van der Waals surface area contributed by atoms with Gasteiger partial charge in [0, 0.05) is 28.7 Å². The number of imide groups is 1. The normalized spacial score (nSPS) is 13.2. The van der Waals surface area contributed by atoms with E-state index in [2.05, 4.69) is 16.0 Å². The third-order valence-electron chi connectivity index (χ3n) is 6.91. The summed E-state index contributed by atoms with van der Waals surface area (Å²) in [5, 5.41) is 8.51. The molecule has 0 aliphatic heterocycles. The fraction of sp³-hybridized carbons (Fsp3) is 0.290. The van der Waals surface area contributed by atoms with Crippen molar-refractivity contribution in [3.8, 4) is 5.75 Å². The first-order valence-corrected chi connectivity index (χ1v) is 13.7. The minimum absolute atomic E-state index is 0.0601. The molecule has 0 heterocycles. The molecular weight excluding hydrogens is 530 g/mol. The van der Waals surface area contributed by atoms with Gasteiger partial charge >= 0.3 is 6.03 Å². The van der Waals surface area contributed by atoms with Crippen LogP contribution in [0.15, 0.2) is 66.7 Å². The molecule has 0 saturated heterocycles. The summed E-state index contributed by atoms with van der Waals surface area (Å²) in [4.78, 5) is 51.1. The number of hydrogen-bond acceptors (Lipinski definition) is 5. The van der Waals surface area contributed by atoms with Gasteiger partial charge in [-0.2, -0.15) is 0 Å². The van der Waals surface area contributed by atoms with Gasteiger partial charge in [-0.3, -0.25) is 19.7 Å². The first kappa shape index (κ1) is 28.8. The number of urea groups is 1. The molecule has 0 spiro atoms. The molecule has 9 heteroatoms. The molecule has 1 saturated carbocycles. The van der Waals surface area contributed by atoms with Crippen molar-refractivity contribution in [2.75, 3.05) is 13.7 Å². The van der Waals surface area contributed by atoms with E-state index in [1.165, 1.54) is 13.2 Å². The molecule has 3 aromatic rings. The van der Waals surface area contributed by atoms with Crippen molar-refractivity contribution >= 4 is 35.2 Å². The molecule has 4 amide bonds. The molecule has 0 aromatic heterocycles. The largest absolute Gasteiger partial charge is 0.496 e. The molecule has 1 aliphatic rings. The van der Waals surface area contributed by atoms with Gasteiger partial charge in [0.15, 0.2) is 5.78 Å². The van der Waals surface area contributed by atoms with Crippen molar-refractivity contribution in [2.45, 2.75) is 44.6 Å². The lowest BCUT2D eigenvalue weighted by atomic mass is 9.95. The van der Waals surface area contributed by atoms with E-state index in [4.69, 9.17) is 16.3 Å². The number of rotatable bonds is 9. The molecule has 0 radical (unpaired) electrons. The third kappa shape index (κ3) is 7.48. The molecule has 1 aliphatic carbocycles. The molecule has 40 heavy (non-hydrogen) atoms. The van der Waals surface area contributed by atoms with Gasteiger partial charge in [0.1, 0.15) is 5.75 Å². The number of nitrogens with one attached hydrogen (secondary N) is 3. The Morgan fingerprint density at radius 3 is 2.25 bits per heavy atom. The highest BCUT2D eigenvalue weighted by Crippen LogP contribution is 2.22. The number of hydrogen-bond donors (Lipinski definition) is 3. The Bertz CT molecular complexity index is 1380. The number of methoxy groups -OCH3 is 1. The average Bonchev–Trinajstić information content (AvgIpc) is 2.97. The van der Waals surface area contributed by atoms with Crippen molar-refractivity contribution in [3.05, 3.63) is 99.6 Å². The summed E-state index contributed by atoms with van der Waals surface area (Å²) in [5.74, 6) is -0.815. The van der Waals surface area contributed by atoms with E-state index in [-0.39, 0.29) is 28.9 Å². The van der Waals surface area contributed by atoms with Crippen LogP contribution in [0.5, 0.6) is 5.75 Å². The lowest BCUT2D eigenvalue weighted by molar-refractivity contribution is 0.0944. The molecule has 3 aromatic carbocycles. The van der Waals surface area contributed by atoms with Gasteiger partial charge in [-0.25, -0.2) is 4.79 Å². The van der Waals surface area contributed by atoms with Gasteiger partial charge in [-0.15, -0.1) is 0 Å². The lowest BCUT2D eigenvalue weighted by Gasteiger charge is -2.22. The van der Waals surface area contributed by atoms with Crippen LogP contribution < -0.4 is 20.7 Å². The van der Waals surface area contributed by atoms with Crippen LogP contribution in [0.25, 0.3) is 0 Å². The number of carbonyl (C=O) groups is 4. The average molecular weight is 562 g/mol. The van der Waals surface area contributed by atoms with E-state index in [0.717, 1.165) is 37.7 Å². The maximum atomic E-state index is 13.3. The second kappa shape index (κ2) is 13.8. The second-order valence-electron chi connectivity index (χ2n) is 9.68. The van der Waals surface area contributed by atoms with Crippen molar-refractivity contribution in [2.24, 2.45) is 0 Å². The molecule has 0 atom stereocenters. The summed E-state index contributed by atoms with van der Waals surface area (Å²) >= 11 is 6.01. The van der Waals surface area contributed by atoms with E-state index in [9.17, 15) is 19.2 Å². The zero-order valence-electron chi connectivity index (χ0n) is 22.3. The lowest BCUT2D eigenvalue weighted by Crippen LogP contribution is -2.45. The molecule has 1 fully saturated rings. The van der Waals surface area contributed by atoms with E-state index in [1.807, 2.05) is 0 Å². The van der Waals surface area contributed by atoms with Crippen molar-refractivity contribution in [1.82, 2.24) is 16.0 Å². The van der Waals surface area contributed by atoms with Crippen LogP contribution in [0.3, 0.4) is 0 Å². The van der Waals surface area contributed by atoms with E-state index < -0.39 is 11.9 Å². The maximum Gasteiger partial charge on any atom is 0.321 e. The SMILES string of the molecule is COc1ccc(Cl)cc1C(=O)NCCc1ccc(C(=O)c2ccccc2C(=O)NC(=O)NC2CCCCC2)cc1. The Kier molecular flexibility index (Phi) is 9.91. The summed E-state index contributed by atoms with van der Waals surface area (Å²) in [6.07, 6.45) is 5.61. The van der Waals surface area contributed by atoms with Gasteiger partial charge in [-0.05, 0) is 49.1 Å². The summed E-state index contributed by atoms with van der Waals surface area (Å²) in [7, 11) is 1.49. The molecule has 0 bridgehead atoms. The van der Waals surface area contributed by atoms with Crippen LogP contribution in [0, 0.1) is 0 Å². The fourth-order valence-electron chi connectivity index (χ4n) is 4.77. The van der Waals surface area contributed by atoms with E-state index >= 15 is 0 Å². The predicted molar refractivity (Wildman–Crippen MR) is 153 cm³/mol. The van der Waals surface area contributed by atoms with Crippen molar-refractivity contribution in [3.63, 3.8) is 0 Å². The van der Waals surface area contributed by atoms with Gasteiger partial charge in [-0.1, -0.05) is 73.3 Å². The summed E-state index contributed by atoms with van der Waals surface area (Å²) in [6, 6.07) is 17.8. The minimum atomic E-state index is -0.624. The summed E-state index contributed by atoms with van der Waals surface area (Å²) < 4.78 is 5.23. The molecule has 4 rings (SSSR count). The Morgan fingerprint density at radius 1 is 0.850 bits per heavy atom. The number of halogens is 1. The summed E-state index contributed by atoms with van der Waals surface area (Å²) in [6.45, 7) is 0.369. The molecular formula is C31H32ClN3O5. The maximum absolute atomic E-state index is 13.3. The zero-order chi connectivity index (χ0) is 28.5. The molecule has 8 nitrogen and oxygen atoms in total. The van der Waals surface area contributed by atoms with Gasteiger partial charge in [0.05, 0.1) is 18.2 Å². The Labute approximate surface area is 238 Å². The number of amides is 4. The monoisotopic (exact) mass is 561 g/mol. The van der Waals surface area contributed by atoms with Crippen LogP contribution in [0.4, 0.5) is 4.79 Å². The minimum Gasteiger partial charge on any atom is -0.496 e. The van der Waals surface area contributed by atoms with Crippen LogP contribution >= 0.6 is 11.6 Å². The number of ether oxygens (including phenoxy) is 1. The van der Waals surface area contributed by atoms with Crippen LogP contribution in [-0.2, 0) is 6.42 Å². The highest BCUT2D eigenvalue weighted by Gasteiger charge is 2.21. The molecule has 0 unspecified atom stereocenters. The van der Waals surface area contributed by atoms with E-state index in [0.29, 0.717) is 34.9 Å². The first-order chi connectivity index (χ1) is 19.4. The second-order valence-corrected chi connectivity index (χ2v) is 10.1. The van der Waals surface area contributed by atoms with E-state index in [1.54, 1.807) is 60.7 Å². The predicted octanol–water partition coefficient (Wildman–Crippen LogP) is 5.32. The molecule has 208 valence electrons. The zero-order valence-corrected chi connectivity index (χ0v) is 23.1.